The van der Waals surface area contributed by atoms with Crippen LogP contribution in [0.5, 0.6) is 11.5 Å². The van der Waals surface area contributed by atoms with Crippen molar-refractivity contribution in [1.29, 1.82) is 0 Å². The van der Waals surface area contributed by atoms with Gasteiger partial charge in [-0.2, -0.15) is 0 Å². The van der Waals surface area contributed by atoms with Gasteiger partial charge in [-0.25, -0.2) is 0 Å². The maximum atomic E-state index is 12.4. The number of hydrogen-bond donors (Lipinski definition) is 3. The molecule has 160 valence electrons. The van der Waals surface area contributed by atoms with Crippen LogP contribution in [-0.2, 0) is 11.2 Å². The van der Waals surface area contributed by atoms with Crippen molar-refractivity contribution in [2.24, 2.45) is 11.7 Å². The number of fused-ring (bicyclic) bond motifs is 3. The zero-order valence-corrected chi connectivity index (χ0v) is 18.5. The molecular weight excluding hydrogens is 460 g/mol. The topological polar surface area (TPSA) is 97.8 Å². The summed E-state index contributed by atoms with van der Waals surface area (Å²) in [6.07, 6.45) is 1.89. The second-order valence-corrected chi connectivity index (χ2v) is 8.97. The number of hydrogen-bond acceptors (Lipinski definition) is 6. The first-order valence-electron chi connectivity index (χ1n) is 10.1. The summed E-state index contributed by atoms with van der Waals surface area (Å²) in [6.45, 7) is 0.174. The van der Waals surface area contributed by atoms with E-state index in [1.807, 2.05) is 54.6 Å². The minimum absolute atomic E-state index is 0.174. The Labute approximate surface area is 188 Å². The van der Waals surface area contributed by atoms with E-state index in [1.165, 1.54) is 13.3 Å². The Morgan fingerprint density at radius 1 is 1.13 bits per heavy atom. The van der Waals surface area contributed by atoms with Gasteiger partial charge in [-0.3, -0.25) is 4.98 Å². The summed E-state index contributed by atoms with van der Waals surface area (Å²) in [5.74, 6) is -0.123. The van der Waals surface area contributed by atoms with Crippen molar-refractivity contribution in [3.63, 3.8) is 0 Å². The number of benzene rings is 2. The number of halogens is 1. The second kappa shape index (κ2) is 7.31. The zero-order chi connectivity index (χ0) is 21.8. The van der Waals surface area contributed by atoms with Gasteiger partial charge in [-0.1, -0.05) is 58.4 Å². The Morgan fingerprint density at radius 2 is 1.84 bits per heavy atom. The molecule has 2 heterocycles. The van der Waals surface area contributed by atoms with Crippen molar-refractivity contribution >= 4 is 15.9 Å². The third-order valence-corrected chi connectivity index (χ3v) is 7.25. The molecule has 1 saturated carbocycles. The number of rotatable bonds is 4. The molecule has 0 amide bonds. The quantitative estimate of drug-likeness (QED) is 0.528. The molecule has 1 aliphatic heterocycles. The fraction of sp³-hybridized carbons (Fsp3) is 0.292. The molecule has 0 spiro atoms. The van der Waals surface area contributed by atoms with Gasteiger partial charge in [-0.15, -0.1) is 0 Å². The zero-order valence-electron chi connectivity index (χ0n) is 16.9. The molecular formula is C24H23BrN2O4. The van der Waals surface area contributed by atoms with Gasteiger partial charge < -0.3 is 25.4 Å². The number of nitrogens with two attached hydrogens (primary N) is 1. The summed E-state index contributed by atoms with van der Waals surface area (Å²) >= 11 is 3.48. The van der Waals surface area contributed by atoms with Crippen molar-refractivity contribution < 1.29 is 19.7 Å². The molecule has 31 heavy (non-hydrogen) atoms. The van der Waals surface area contributed by atoms with Crippen molar-refractivity contribution in [2.75, 3.05) is 13.7 Å². The van der Waals surface area contributed by atoms with Crippen LogP contribution >= 0.6 is 15.9 Å². The van der Waals surface area contributed by atoms with E-state index in [9.17, 15) is 10.2 Å². The van der Waals surface area contributed by atoms with Gasteiger partial charge in [0.25, 0.3) is 0 Å². The van der Waals surface area contributed by atoms with E-state index in [-0.39, 0.29) is 6.54 Å². The summed E-state index contributed by atoms with van der Waals surface area (Å²) in [6, 6.07) is 17.4. The molecule has 5 atom stereocenters. The molecule has 1 fully saturated rings. The molecule has 1 aliphatic carbocycles. The van der Waals surface area contributed by atoms with Crippen LogP contribution in [0.25, 0.3) is 0 Å². The highest BCUT2D eigenvalue weighted by molar-refractivity contribution is 9.10. The molecule has 1 aromatic heterocycles. The van der Waals surface area contributed by atoms with Crippen LogP contribution in [0, 0.1) is 5.92 Å². The highest BCUT2D eigenvalue weighted by Crippen LogP contribution is 2.69. The van der Waals surface area contributed by atoms with Crippen LogP contribution in [0.15, 0.2) is 71.5 Å². The number of methoxy groups -OCH3 is 1. The van der Waals surface area contributed by atoms with Crippen molar-refractivity contribution in [3.05, 3.63) is 88.2 Å². The van der Waals surface area contributed by atoms with Gasteiger partial charge in [0.15, 0.2) is 11.2 Å². The van der Waals surface area contributed by atoms with Crippen molar-refractivity contribution in [2.45, 2.75) is 23.2 Å². The van der Waals surface area contributed by atoms with Gasteiger partial charge >= 0.3 is 0 Å². The summed E-state index contributed by atoms with van der Waals surface area (Å²) in [5, 5.41) is 24.0. The largest absolute Gasteiger partial charge is 0.495 e. The van der Waals surface area contributed by atoms with E-state index in [1.54, 1.807) is 6.20 Å². The lowest BCUT2D eigenvalue weighted by atomic mass is 9.70. The normalized spacial score (nSPS) is 31.1. The third kappa shape index (κ3) is 2.58. The van der Waals surface area contributed by atoms with E-state index >= 15 is 0 Å². The van der Waals surface area contributed by atoms with Crippen LogP contribution in [0.2, 0.25) is 0 Å². The van der Waals surface area contributed by atoms with E-state index in [0.29, 0.717) is 17.1 Å². The molecule has 0 radical (unpaired) electrons. The minimum Gasteiger partial charge on any atom is -0.495 e. The lowest BCUT2D eigenvalue weighted by molar-refractivity contribution is -0.152. The second-order valence-electron chi connectivity index (χ2n) is 8.06. The van der Waals surface area contributed by atoms with Crippen LogP contribution in [-0.4, -0.2) is 35.0 Å². The van der Waals surface area contributed by atoms with Crippen LogP contribution in [0.1, 0.15) is 22.6 Å². The van der Waals surface area contributed by atoms with Gasteiger partial charge in [0, 0.05) is 16.3 Å². The molecule has 5 unspecified atom stereocenters. The first-order chi connectivity index (χ1) is 15.0. The summed E-state index contributed by atoms with van der Waals surface area (Å²) in [7, 11) is 1.51. The average Bonchev–Trinajstić information content (AvgIpc) is 3.18. The monoisotopic (exact) mass is 482 g/mol. The fourth-order valence-electron chi connectivity index (χ4n) is 5.49. The first-order valence-corrected chi connectivity index (χ1v) is 10.9. The number of nitrogens with zero attached hydrogens (tertiary/aromatic N) is 1. The molecule has 5 rings (SSSR count). The minimum atomic E-state index is -1.80. The van der Waals surface area contributed by atoms with Gasteiger partial charge in [0.2, 0.25) is 0 Å². The predicted octanol–water partition coefficient (Wildman–Crippen LogP) is 3.06. The van der Waals surface area contributed by atoms with Crippen LogP contribution in [0.3, 0.4) is 0 Å². The molecule has 6 nitrogen and oxygen atoms in total. The lowest BCUT2D eigenvalue weighted by Gasteiger charge is -2.41. The van der Waals surface area contributed by atoms with Crippen LogP contribution in [0.4, 0.5) is 0 Å². The van der Waals surface area contributed by atoms with E-state index < -0.39 is 29.1 Å². The molecule has 0 saturated heterocycles. The summed E-state index contributed by atoms with van der Waals surface area (Å²) in [5.41, 5.74) is 5.13. The van der Waals surface area contributed by atoms with Gasteiger partial charge in [-0.05, 0) is 29.8 Å². The Kier molecular flexibility index (Phi) is 4.82. The smallest absolute Gasteiger partial charge is 0.177 e. The summed E-state index contributed by atoms with van der Waals surface area (Å²) < 4.78 is 13.1. The van der Waals surface area contributed by atoms with Gasteiger partial charge in [0.05, 0.1) is 31.2 Å². The van der Waals surface area contributed by atoms with Crippen molar-refractivity contribution in [3.8, 4) is 11.5 Å². The standard InChI is InChI=1S/C24H23BrN2O4/c1-30-18-12-27-13-19-21(18)23(29)22(28)17(11-26)20(14-5-3-2-4-6-14)24(23,31-19)15-7-9-16(25)10-8-15/h2-10,12-13,17,20,22,28-29H,11,26H2,1H3. The Hall–Kier alpha value is -2.45. The maximum absolute atomic E-state index is 12.4. The summed E-state index contributed by atoms with van der Waals surface area (Å²) in [4.78, 5) is 4.21. The molecule has 2 aromatic carbocycles. The third-order valence-electron chi connectivity index (χ3n) is 6.72. The lowest BCUT2D eigenvalue weighted by Crippen LogP contribution is -2.52. The molecule has 0 bridgehead atoms. The number of aromatic nitrogens is 1. The predicted molar refractivity (Wildman–Crippen MR) is 119 cm³/mol. The highest BCUT2D eigenvalue weighted by Gasteiger charge is 2.76. The molecule has 4 N–H and O–H groups in total. The Balaban J connectivity index is 1.87. The molecule has 2 aliphatic rings. The van der Waals surface area contributed by atoms with Gasteiger partial charge in [0.1, 0.15) is 11.5 Å². The Bertz CT molecular complexity index is 1110. The molecule has 3 aromatic rings. The highest BCUT2D eigenvalue weighted by atomic mass is 79.9. The van der Waals surface area contributed by atoms with Crippen LogP contribution < -0.4 is 15.2 Å². The van der Waals surface area contributed by atoms with Crippen molar-refractivity contribution in [1.82, 2.24) is 4.98 Å². The van der Waals surface area contributed by atoms with E-state index in [0.717, 1.165) is 15.6 Å². The number of aliphatic hydroxyl groups is 2. The maximum Gasteiger partial charge on any atom is 0.177 e. The Morgan fingerprint density at radius 3 is 2.48 bits per heavy atom. The number of ether oxygens (including phenoxy) is 2. The molecule has 7 heteroatoms. The first kappa shape index (κ1) is 20.5. The average molecular weight is 483 g/mol. The number of pyridine rings is 1. The SMILES string of the molecule is COc1cncc2c1C1(O)C(O)C(CN)C(c3ccccc3)C1(c1ccc(Br)cc1)O2. The van der Waals surface area contributed by atoms with E-state index in [2.05, 4.69) is 20.9 Å². The fourth-order valence-corrected chi connectivity index (χ4v) is 5.76. The van der Waals surface area contributed by atoms with E-state index in [4.69, 9.17) is 15.2 Å². The number of aliphatic hydroxyl groups excluding tert-OH is 1.